The maximum Gasteiger partial charge on any atom is 0.119 e. The molecule has 0 fully saturated rings. The molecule has 28 heavy (non-hydrogen) atoms. The Morgan fingerprint density at radius 1 is 0.893 bits per heavy atom. The second kappa shape index (κ2) is 7.95. The number of rotatable bonds is 6. The maximum atomic E-state index is 10.1. The Morgan fingerprint density at radius 2 is 1.50 bits per heavy atom. The van der Waals surface area contributed by atoms with Crippen LogP contribution >= 0.6 is 0 Å². The van der Waals surface area contributed by atoms with Crippen LogP contribution in [-0.4, -0.2) is 11.2 Å². The summed E-state index contributed by atoms with van der Waals surface area (Å²) >= 11 is 0. The molecule has 0 aliphatic carbocycles. The summed E-state index contributed by atoms with van der Waals surface area (Å²) in [4.78, 5) is 0. The SMILES string of the molecule is CC(C)Oc1ccc(Nc2cc(-c3ccc(C(C)(C)O)cc3)ccc2N)cc1. The highest BCUT2D eigenvalue weighted by molar-refractivity contribution is 5.79. The van der Waals surface area contributed by atoms with Crippen LogP contribution in [0, 0.1) is 0 Å². The zero-order valence-electron chi connectivity index (χ0n) is 16.9. The van der Waals surface area contributed by atoms with Crippen molar-refractivity contribution >= 4 is 17.1 Å². The van der Waals surface area contributed by atoms with E-state index in [-0.39, 0.29) is 6.10 Å². The van der Waals surface area contributed by atoms with E-state index < -0.39 is 5.60 Å². The summed E-state index contributed by atoms with van der Waals surface area (Å²) in [5.41, 5.74) is 10.8. The lowest BCUT2D eigenvalue weighted by Gasteiger charge is -2.18. The minimum atomic E-state index is -0.849. The van der Waals surface area contributed by atoms with Crippen molar-refractivity contribution in [2.75, 3.05) is 11.1 Å². The normalized spacial score (nSPS) is 11.5. The Bertz CT molecular complexity index is 924. The van der Waals surface area contributed by atoms with Crippen LogP contribution in [0.4, 0.5) is 17.1 Å². The van der Waals surface area contributed by atoms with Gasteiger partial charge in [0.25, 0.3) is 0 Å². The van der Waals surface area contributed by atoms with E-state index in [1.807, 2.05) is 80.6 Å². The lowest BCUT2D eigenvalue weighted by Crippen LogP contribution is -2.14. The highest BCUT2D eigenvalue weighted by atomic mass is 16.5. The van der Waals surface area contributed by atoms with Gasteiger partial charge in [0.15, 0.2) is 0 Å². The average molecular weight is 377 g/mol. The topological polar surface area (TPSA) is 67.5 Å². The molecule has 4 heteroatoms. The van der Waals surface area contributed by atoms with Gasteiger partial charge in [0, 0.05) is 5.69 Å². The van der Waals surface area contributed by atoms with E-state index >= 15 is 0 Å². The summed E-state index contributed by atoms with van der Waals surface area (Å²) in [6.07, 6.45) is 0.147. The molecule has 0 unspecified atom stereocenters. The Hall–Kier alpha value is -2.98. The summed E-state index contributed by atoms with van der Waals surface area (Å²) in [6, 6.07) is 21.7. The van der Waals surface area contributed by atoms with Gasteiger partial charge < -0.3 is 20.9 Å². The fourth-order valence-electron chi connectivity index (χ4n) is 2.96. The van der Waals surface area contributed by atoms with Crippen molar-refractivity contribution in [3.63, 3.8) is 0 Å². The third-order valence-corrected chi connectivity index (χ3v) is 4.48. The molecule has 0 radical (unpaired) electrons. The van der Waals surface area contributed by atoms with Crippen molar-refractivity contribution in [1.82, 2.24) is 0 Å². The Morgan fingerprint density at radius 3 is 2.07 bits per heavy atom. The third kappa shape index (κ3) is 4.84. The van der Waals surface area contributed by atoms with Crippen molar-refractivity contribution < 1.29 is 9.84 Å². The van der Waals surface area contributed by atoms with Crippen molar-refractivity contribution in [1.29, 1.82) is 0 Å². The van der Waals surface area contributed by atoms with Gasteiger partial charge in [-0.1, -0.05) is 30.3 Å². The number of nitrogen functional groups attached to an aromatic ring is 1. The van der Waals surface area contributed by atoms with Crippen LogP contribution in [-0.2, 0) is 5.60 Å². The number of aliphatic hydroxyl groups is 1. The number of anilines is 3. The molecule has 0 aliphatic heterocycles. The smallest absolute Gasteiger partial charge is 0.119 e. The van der Waals surface area contributed by atoms with Crippen LogP contribution in [0.2, 0.25) is 0 Å². The van der Waals surface area contributed by atoms with E-state index in [1.165, 1.54) is 0 Å². The minimum Gasteiger partial charge on any atom is -0.491 e. The maximum absolute atomic E-state index is 10.1. The monoisotopic (exact) mass is 376 g/mol. The van der Waals surface area contributed by atoms with Crippen molar-refractivity contribution in [2.24, 2.45) is 0 Å². The fourth-order valence-corrected chi connectivity index (χ4v) is 2.96. The number of ether oxygens (including phenoxy) is 1. The van der Waals surface area contributed by atoms with Gasteiger partial charge >= 0.3 is 0 Å². The van der Waals surface area contributed by atoms with E-state index in [9.17, 15) is 5.11 Å². The van der Waals surface area contributed by atoms with Gasteiger partial charge in [-0.25, -0.2) is 0 Å². The Labute approximate surface area is 167 Å². The summed E-state index contributed by atoms with van der Waals surface area (Å²) in [7, 11) is 0. The van der Waals surface area contributed by atoms with Gasteiger partial charge in [-0.3, -0.25) is 0 Å². The summed E-state index contributed by atoms with van der Waals surface area (Å²) in [5, 5.41) is 13.5. The average Bonchev–Trinajstić information content (AvgIpc) is 2.64. The minimum absolute atomic E-state index is 0.147. The van der Waals surface area contributed by atoms with Crippen LogP contribution in [0.3, 0.4) is 0 Å². The molecule has 146 valence electrons. The van der Waals surface area contributed by atoms with Crippen LogP contribution in [0.15, 0.2) is 66.7 Å². The molecule has 0 spiro atoms. The molecule has 3 rings (SSSR count). The van der Waals surface area contributed by atoms with Crippen LogP contribution < -0.4 is 15.8 Å². The first-order chi connectivity index (χ1) is 13.2. The number of nitrogens with two attached hydrogens (primary N) is 1. The van der Waals surface area contributed by atoms with Crippen LogP contribution in [0.1, 0.15) is 33.3 Å². The molecule has 3 aromatic rings. The van der Waals surface area contributed by atoms with Gasteiger partial charge in [0.2, 0.25) is 0 Å². The molecule has 4 nitrogen and oxygen atoms in total. The lowest BCUT2D eigenvalue weighted by atomic mass is 9.95. The lowest BCUT2D eigenvalue weighted by molar-refractivity contribution is 0.0786. The first-order valence-corrected chi connectivity index (χ1v) is 9.49. The molecule has 4 N–H and O–H groups in total. The zero-order chi connectivity index (χ0) is 20.3. The fraction of sp³-hybridized carbons (Fsp3) is 0.250. The standard InChI is InChI=1S/C24H28N2O2/c1-16(2)28-21-12-10-20(11-13-21)26-23-15-18(7-14-22(23)25)17-5-8-19(9-6-17)24(3,4)27/h5-16,26-27H,25H2,1-4H3. The predicted molar refractivity (Wildman–Crippen MR) is 117 cm³/mol. The summed E-state index contributed by atoms with van der Waals surface area (Å²) < 4.78 is 5.68. The molecule has 0 aliphatic rings. The van der Waals surface area contributed by atoms with Gasteiger partial charge in [-0.2, -0.15) is 0 Å². The number of hydrogen-bond donors (Lipinski definition) is 3. The highest BCUT2D eigenvalue weighted by Gasteiger charge is 2.15. The Balaban J connectivity index is 1.81. The molecular weight excluding hydrogens is 348 g/mol. The number of hydrogen-bond acceptors (Lipinski definition) is 4. The third-order valence-electron chi connectivity index (χ3n) is 4.48. The molecule has 0 amide bonds. The molecule has 0 aromatic heterocycles. The van der Waals surface area contributed by atoms with E-state index in [1.54, 1.807) is 13.8 Å². The zero-order valence-corrected chi connectivity index (χ0v) is 16.9. The largest absolute Gasteiger partial charge is 0.491 e. The first-order valence-electron chi connectivity index (χ1n) is 9.49. The molecule has 0 saturated heterocycles. The second-order valence-electron chi connectivity index (χ2n) is 7.75. The first kappa shape index (κ1) is 19.8. The second-order valence-corrected chi connectivity index (χ2v) is 7.75. The van der Waals surface area contributed by atoms with Crippen LogP contribution in [0.25, 0.3) is 11.1 Å². The quantitative estimate of drug-likeness (QED) is 0.483. The number of benzene rings is 3. The van der Waals surface area contributed by atoms with E-state index in [0.717, 1.165) is 33.8 Å². The van der Waals surface area contributed by atoms with Crippen molar-refractivity contribution in [3.05, 3.63) is 72.3 Å². The van der Waals surface area contributed by atoms with E-state index in [2.05, 4.69) is 5.32 Å². The molecule has 0 atom stereocenters. The molecule has 0 saturated carbocycles. The summed E-state index contributed by atoms with van der Waals surface area (Å²) in [5.74, 6) is 0.842. The highest BCUT2D eigenvalue weighted by Crippen LogP contribution is 2.31. The Kier molecular flexibility index (Phi) is 5.61. The van der Waals surface area contributed by atoms with Gasteiger partial charge in [-0.15, -0.1) is 0 Å². The predicted octanol–water partition coefficient (Wildman–Crippen LogP) is 5.69. The molecule has 0 bridgehead atoms. The molecule has 0 heterocycles. The van der Waals surface area contributed by atoms with E-state index in [0.29, 0.717) is 5.69 Å². The molecule has 3 aromatic carbocycles. The van der Waals surface area contributed by atoms with E-state index in [4.69, 9.17) is 10.5 Å². The van der Waals surface area contributed by atoms with Gasteiger partial charge in [0.1, 0.15) is 5.75 Å². The molecular formula is C24H28N2O2. The van der Waals surface area contributed by atoms with Gasteiger partial charge in [-0.05, 0) is 80.8 Å². The summed E-state index contributed by atoms with van der Waals surface area (Å²) in [6.45, 7) is 7.58. The number of nitrogens with one attached hydrogen (secondary N) is 1. The van der Waals surface area contributed by atoms with Crippen LogP contribution in [0.5, 0.6) is 5.75 Å². The van der Waals surface area contributed by atoms with Crippen molar-refractivity contribution in [3.8, 4) is 16.9 Å². The van der Waals surface area contributed by atoms with Crippen molar-refractivity contribution in [2.45, 2.75) is 39.4 Å². The van der Waals surface area contributed by atoms with Gasteiger partial charge in [0.05, 0.1) is 23.1 Å².